The van der Waals surface area contributed by atoms with Crippen LogP contribution in [0.25, 0.3) is 0 Å². The monoisotopic (exact) mass is 247 g/mol. The molecule has 0 aliphatic heterocycles. The number of rotatable bonds is 5. The van der Waals surface area contributed by atoms with Crippen molar-refractivity contribution >= 4 is 5.69 Å². The highest BCUT2D eigenvalue weighted by Gasteiger charge is 2.30. The van der Waals surface area contributed by atoms with Crippen molar-refractivity contribution in [3.8, 4) is 6.07 Å². The molecule has 2 rings (SSSR count). The predicted molar refractivity (Wildman–Crippen MR) is 69.6 cm³/mol. The van der Waals surface area contributed by atoms with Gasteiger partial charge in [0.15, 0.2) is 0 Å². The Balaban J connectivity index is 2.22. The van der Waals surface area contributed by atoms with Crippen LogP contribution in [-0.2, 0) is 0 Å². The van der Waals surface area contributed by atoms with Gasteiger partial charge in [-0.3, -0.25) is 0 Å². The summed E-state index contributed by atoms with van der Waals surface area (Å²) in [5.41, 5.74) is 7.13. The molecule has 0 heterocycles. The van der Waals surface area contributed by atoms with E-state index in [0.717, 1.165) is 18.4 Å². The number of anilines is 1. The fraction of sp³-hybridized carbons (Fsp3) is 0.500. The first-order chi connectivity index (χ1) is 8.63. The minimum atomic E-state index is -0.241. The Morgan fingerprint density at radius 3 is 2.78 bits per heavy atom. The SMILES string of the molecule is C[C@@H](N)c1ccc(N(CCC#N)C2CC2)c(F)c1. The van der Waals surface area contributed by atoms with E-state index in [1.165, 1.54) is 6.07 Å². The molecule has 1 aliphatic carbocycles. The molecule has 0 radical (unpaired) electrons. The molecule has 0 unspecified atom stereocenters. The zero-order valence-corrected chi connectivity index (χ0v) is 10.6. The van der Waals surface area contributed by atoms with E-state index in [4.69, 9.17) is 11.0 Å². The van der Waals surface area contributed by atoms with Crippen molar-refractivity contribution < 1.29 is 4.39 Å². The fourth-order valence-electron chi connectivity index (χ4n) is 2.10. The van der Waals surface area contributed by atoms with E-state index in [1.54, 1.807) is 6.07 Å². The molecule has 0 amide bonds. The normalized spacial score (nSPS) is 16.1. The zero-order valence-electron chi connectivity index (χ0n) is 10.6. The Hall–Kier alpha value is -1.60. The molecule has 1 fully saturated rings. The van der Waals surface area contributed by atoms with Crippen LogP contribution in [0.2, 0.25) is 0 Å². The number of nitrogens with zero attached hydrogens (tertiary/aromatic N) is 2. The van der Waals surface area contributed by atoms with Crippen LogP contribution in [0.1, 0.15) is 37.8 Å². The summed E-state index contributed by atoms with van der Waals surface area (Å²) in [6.07, 6.45) is 2.59. The van der Waals surface area contributed by atoms with Gasteiger partial charge in [-0.25, -0.2) is 4.39 Å². The van der Waals surface area contributed by atoms with E-state index >= 15 is 0 Å². The lowest BCUT2D eigenvalue weighted by molar-refractivity contribution is 0.610. The topological polar surface area (TPSA) is 53.0 Å². The Morgan fingerprint density at radius 1 is 1.56 bits per heavy atom. The second kappa shape index (κ2) is 5.36. The van der Waals surface area contributed by atoms with Crippen molar-refractivity contribution in [2.75, 3.05) is 11.4 Å². The van der Waals surface area contributed by atoms with Crippen molar-refractivity contribution in [2.45, 2.75) is 38.3 Å². The van der Waals surface area contributed by atoms with Gasteiger partial charge in [-0.1, -0.05) is 6.07 Å². The maximum atomic E-state index is 14.1. The summed E-state index contributed by atoms with van der Waals surface area (Å²) in [5, 5.41) is 8.66. The van der Waals surface area contributed by atoms with E-state index in [9.17, 15) is 4.39 Å². The van der Waals surface area contributed by atoms with Crippen LogP contribution in [0.15, 0.2) is 18.2 Å². The van der Waals surface area contributed by atoms with Gasteiger partial charge in [0.25, 0.3) is 0 Å². The lowest BCUT2D eigenvalue weighted by Crippen LogP contribution is -2.27. The fourth-order valence-corrected chi connectivity index (χ4v) is 2.10. The molecule has 96 valence electrons. The first-order valence-corrected chi connectivity index (χ1v) is 6.32. The second-order valence-electron chi connectivity index (χ2n) is 4.83. The molecule has 0 bridgehead atoms. The van der Waals surface area contributed by atoms with Crippen molar-refractivity contribution in [1.82, 2.24) is 0 Å². The third kappa shape index (κ3) is 2.80. The summed E-state index contributed by atoms with van der Waals surface area (Å²) in [7, 11) is 0. The van der Waals surface area contributed by atoms with Crippen molar-refractivity contribution in [2.24, 2.45) is 5.73 Å². The van der Waals surface area contributed by atoms with Gasteiger partial charge < -0.3 is 10.6 Å². The van der Waals surface area contributed by atoms with Gasteiger partial charge in [0.05, 0.1) is 18.2 Å². The highest BCUT2D eigenvalue weighted by molar-refractivity contribution is 5.51. The maximum Gasteiger partial charge on any atom is 0.146 e. The highest BCUT2D eigenvalue weighted by Crippen LogP contribution is 2.33. The van der Waals surface area contributed by atoms with Gasteiger partial charge in [0.1, 0.15) is 5.82 Å². The molecule has 1 aliphatic rings. The van der Waals surface area contributed by atoms with Gasteiger partial charge in [-0.05, 0) is 37.5 Å². The van der Waals surface area contributed by atoms with E-state index in [1.807, 2.05) is 17.9 Å². The summed E-state index contributed by atoms with van der Waals surface area (Å²) in [6, 6.07) is 7.50. The standard InChI is InChI=1S/C14H18FN3/c1-10(17)11-3-6-14(13(15)9-11)18(8-2-7-16)12-4-5-12/h3,6,9-10,12H,2,4-5,8,17H2,1H3/t10-/m1/s1. The van der Waals surface area contributed by atoms with Crippen LogP contribution in [0.5, 0.6) is 0 Å². The minimum absolute atomic E-state index is 0.165. The number of halogens is 1. The van der Waals surface area contributed by atoms with Crippen molar-refractivity contribution in [3.63, 3.8) is 0 Å². The number of hydrogen-bond acceptors (Lipinski definition) is 3. The van der Waals surface area contributed by atoms with E-state index < -0.39 is 0 Å². The summed E-state index contributed by atoms with van der Waals surface area (Å²) in [4.78, 5) is 2.00. The Labute approximate surface area is 107 Å². The van der Waals surface area contributed by atoms with Crippen molar-refractivity contribution in [1.29, 1.82) is 5.26 Å². The van der Waals surface area contributed by atoms with Gasteiger partial charge in [-0.2, -0.15) is 5.26 Å². The molecule has 2 N–H and O–H groups in total. The first-order valence-electron chi connectivity index (χ1n) is 6.32. The molecule has 3 nitrogen and oxygen atoms in total. The molecular weight excluding hydrogens is 229 g/mol. The molecule has 18 heavy (non-hydrogen) atoms. The molecule has 1 aromatic rings. The number of benzene rings is 1. The van der Waals surface area contributed by atoms with Crippen LogP contribution in [0.4, 0.5) is 10.1 Å². The van der Waals surface area contributed by atoms with E-state index in [0.29, 0.717) is 24.7 Å². The molecule has 1 atom stereocenters. The largest absolute Gasteiger partial charge is 0.365 e. The van der Waals surface area contributed by atoms with Crippen LogP contribution < -0.4 is 10.6 Å². The van der Waals surface area contributed by atoms with Crippen LogP contribution >= 0.6 is 0 Å². The minimum Gasteiger partial charge on any atom is -0.365 e. The summed E-state index contributed by atoms with van der Waals surface area (Å²) in [5.74, 6) is -0.241. The third-order valence-corrected chi connectivity index (χ3v) is 3.26. The number of nitriles is 1. The average molecular weight is 247 g/mol. The maximum absolute atomic E-state index is 14.1. The quantitative estimate of drug-likeness (QED) is 0.870. The van der Waals surface area contributed by atoms with Crippen LogP contribution in [0.3, 0.4) is 0 Å². The molecule has 4 heteroatoms. The van der Waals surface area contributed by atoms with E-state index in [2.05, 4.69) is 6.07 Å². The predicted octanol–water partition coefficient (Wildman–Crippen LogP) is 2.73. The highest BCUT2D eigenvalue weighted by atomic mass is 19.1. The summed E-state index contributed by atoms with van der Waals surface area (Å²) in [6.45, 7) is 2.43. The lowest BCUT2D eigenvalue weighted by atomic mass is 10.1. The number of hydrogen-bond donors (Lipinski definition) is 1. The molecule has 0 aromatic heterocycles. The third-order valence-electron chi connectivity index (χ3n) is 3.26. The molecule has 0 spiro atoms. The summed E-state index contributed by atoms with van der Waals surface area (Å²) < 4.78 is 14.1. The van der Waals surface area contributed by atoms with Gasteiger partial charge in [0.2, 0.25) is 0 Å². The van der Waals surface area contributed by atoms with E-state index in [-0.39, 0.29) is 11.9 Å². The second-order valence-corrected chi connectivity index (χ2v) is 4.83. The van der Waals surface area contributed by atoms with Crippen LogP contribution in [0, 0.1) is 17.1 Å². The lowest BCUT2D eigenvalue weighted by Gasteiger charge is -2.24. The van der Waals surface area contributed by atoms with Crippen LogP contribution in [-0.4, -0.2) is 12.6 Å². The van der Waals surface area contributed by atoms with Crippen molar-refractivity contribution in [3.05, 3.63) is 29.6 Å². The molecular formula is C14H18FN3. The zero-order chi connectivity index (χ0) is 13.1. The van der Waals surface area contributed by atoms with Gasteiger partial charge in [-0.15, -0.1) is 0 Å². The molecule has 1 aromatic carbocycles. The Kier molecular flexibility index (Phi) is 3.83. The number of nitrogens with two attached hydrogens (primary N) is 1. The first kappa shape index (κ1) is 12.8. The van der Waals surface area contributed by atoms with Gasteiger partial charge in [0, 0.05) is 18.6 Å². The average Bonchev–Trinajstić information content (AvgIpc) is 3.15. The Morgan fingerprint density at radius 2 is 2.28 bits per heavy atom. The molecule has 1 saturated carbocycles. The summed E-state index contributed by atoms with van der Waals surface area (Å²) >= 11 is 0. The smallest absolute Gasteiger partial charge is 0.146 e. The molecule has 0 saturated heterocycles. The van der Waals surface area contributed by atoms with Gasteiger partial charge >= 0.3 is 0 Å². The Bertz CT molecular complexity index is 461.